The number of nitrogens with one attached hydrogen (secondary N) is 1. The van der Waals surface area contributed by atoms with E-state index in [1.165, 1.54) is 37.0 Å². The molecule has 28 heavy (non-hydrogen) atoms. The number of fused-ring (bicyclic) bond motifs is 3. The minimum Gasteiger partial charge on any atom is -0.353 e. The van der Waals surface area contributed by atoms with E-state index in [0.717, 1.165) is 30.6 Å². The maximum Gasteiger partial charge on any atom is 0.272 e. The van der Waals surface area contributed by atoms with E-state index in [2.05, 4.69) is 15.5 Å². The summed E-state index contributed by atoms with van der Waals surface area (Å²) < 4.78 is 4.35. The third kappa shape index (κ3) is 3.70. The van der Waals surface area contributed by atoms with E-state index >= 15 is 0 Å². The molecule has 0 aliphatic heterocycles. The number of nitrogens with zero attached hydrogens (tertiary/aromatic N) is 4. The number of amides is 1. The first-order chi connectivity index (χ1) is 13.7. The second-order valence-electron chi connectivity index (χ2n) is 7.60. The molecule has 0 spiro atoms. The average Bonchev–Trinajstić information content (AvgIpc) is 3.25. The molecule has 1 fully saturated rings. The summed E-state index contributed by atoms with van der Waals surface area (Å²) in [6.45, 7) is 2.65. The SMILES string of the molecule is CCCn1c(=O)c2sccc2n2c(CCC(=O)NC3CCCCCC3)nnc12. The van der Waals surface area contributed by atoms with Crippen molar-refractivity contribution in [3.8, 4) is 0 Å². The highest BCUT2D eigenvalue weighted by molar-refractivity contribution is 7.17. The summed E-state index contributed by atoms with van der Waals surface area (Å²) in [6, 6.07) is 2.24. The Morgan fingerprint density at radius 3 is 2.79 bits per heavy atom. The van der Waals surface area contributed by atoms with Gasteiger partial charge in [-0.05, 0) is 30.7 Å². The van der Waals surface area contributed by atoms with Gasteiger partial charge >= 0.3 is 0 Å². The molecule has 4 rings (SSSR count). The molecule has 3 heterocycles. The van der Waals surface area contributed by atoms with E-state index in [1.54, 1.807) is 4.57 Å². The van der Waals surface area contributed by atoms with Crippen molar-refractivity contribution in [3.05, 3.63) is 27.6 Å². The number of aryl methyl sites for hydroxylation is 2. The van der Waals surface area contributed by atoms with Gasteiger partial charge in [-0.25, -0.2) is 0 Å². The van der Waals surface area contributed by atoms with Gasteiger partial charge in [0.15, 0.2) is 0 Å². The van der Waals surface area contributed by atoms with Crippen LogP contribution in [0.4, 0.5) is 0 Å². The van der Waals surface area contributed by atoms with Crippen LogP contribution in [0.5, 0.6) is 0 Å². The molecule has 1 N–H and O–H groups in total. The molecule has 1 amide bonds. The van der Waals surface area contributed by atoms with Gasteiger partial charge in [-0.1, -0.05) is 32.6 Å². The highest BCUT2D eigenvalue weighted by atomic mass is 32.1. The topological polar surface area (TPSA) is 81.3 Å². The first-order valence-corrected chi connectivity index (χ1v) is 11.2. The van der Waals surface area contributed by atoms with Gasteiger partial charge in [0.1, 0.15) is 10.5 Å². The maximum atomic E-state index is 12.7. The van der Waals surface area contributed by atoms with Crippen LogP contribution < -0.4 is 10.9 Å². The molecule has 3 aromatic rings. The second kappa shape index (κ2) is 8.43. The molecular formula is C20H27N5O2S. The zero-order valence-corrected chi connectivity index (χ0v) is 17.1. The molecule has 150 valence electrons. The highest BCUT2D eigenvalue weighted by Gasteiger charge is 2.19. The summed E-state index contributed by atoms with van der Waals surface area (Å²) in [5, 5.41) is 13.7. The van der Waals surface area contributed by atoms with E-state index in [4.69, 9.17) is 0 Å². The van der Waals surface area contributed by atoms with Gasteiger partial charge in [-0.3, -0.25) is 18.6 Å². The number of thiophene rings is 1. The van der Waals surface area contributed by atoms with E-state index in [0.29, 0.717) is 35.9 Å². The van der Waals surface area contributed by atoms with Crippen LogP contribution in [0.3, 0.4) is 0 Å². The lowest BCUT2D eigenvalue weighted by atomic mass is 10.1. The summed E-state index contributed by atoms with van der Waals surface area (Å²) in [7, 11) is 0. The summed E-state index contributed by atoms with van der Waals surface area (Å²) >= 11 is 1.44. The van der Waals surface area contributed by atoms with Crippen molar-refractivity contribution in [1.82, 2.24) is 24.5 Å². The predicted molar refractivity (Wildman–Crippen MR) is 111 cm³/mol. The van der Waals surface area contributed by atoms with Crippen LogP contribution in [0.2, 0.25) is 0 Å². The smallest absolute Gasteiger partial charge is 0.272 e. The normalized spacial score (nSPS) is 15.9. The van der Waals surface area contributed by atoms with Gasteiger partial charge in [0.05, 0.1) is 5.52 Å². The average molecular weight is 402 g/mol. The van der Waals surface area contributed by atoms with E-state index < -0.39 is 0 Å². The highest BCUT2D eigenvalue weighted by Crippen LogP contribution is 2.21. The third-order valence-corrected chi connectivity index (χ3v) is 6.41. The zero-order chi connectivity index (χ0) is 19.5. The second-order valence-corrected chi connectivity index (χ2v) is 8.52. The van der Waals surface area contributed by atoms with Gasteiger partial charge in [0, 0.05) is 25.4 Å². The number of rotatable bonds is 6. The molecule has 1 saturated carbocycles. The minimum absolute atomic E-state index is 0.00981. The van der Waals surface area contributed by atoms with Crippen molar-refractivity contribution < 1.29 is 4.79 Å². The number of carbonyl (C=O) groups is 1. The van der Waals surface area contributed by atoms with Crippen LogP contribution in [0, 0.1) is 0 Å². The van der Waals surface area contributed by atoms with E-state index in [9.17, 15) is 9.59 Å². The Balaban J connectivity index is 1.56. The van der Waals surface area contributed by atoms with Crippen molar-refractivity contribution in [2.75, 3.05) is 0 Å². The molecule has 0 unspecified atom stereocenters. The van der Waals surface area contributed by atoms with E-state index in [1.807, 2.05) is 22.8 Å². The van der Waals surface area contributed by atoms with E-state index in [-0.39, 0.29) is 11.5 Å². The largest absolute Gasteiger partial charge is 0.353 e. The molecule has 1 aliphatic carbocycles. The monoisotopic (exact) mass is 401 g/mol. The van der Waals surface area contributed by atoms with Gasteiger partial charge in [0.2, 0.25) is 11.7 Å². The molecule has 3 aromatic heterocycles. The molecule has 8 heteroatoms. The summed E-state index contributed by atoms with van der Waals surface area (Å²) in [4.78, 5) is 25.2. The Kier molecular flexibility index (Phi) is 5.75. The van der Waals surface area contributed by atoms with Crippen LogP contribution in [0.15, 0.2) is 16.2 Å². The quantitative estimate of drug-likeness (QED) is 0.643. The van der Waals surface area contributed by atoms with Crippen LogP contribution >= 0.6 is 11.3 Å². The first kappa shape index (κ1) is 19.1. The molecule has 0 aromatic carbocycles. The fraction of sp³-hybridized carbons (Fsp3) is 0.600. The Morgan fingerprint density at radius 2 is 2.04 bits per heavy atom. The summed E-state index contributed by atoms with van der Waals surface area (Å²) in [5.41, 5.74) is 0.825. The summed E-state index contributed by atoms with van der Waals surface area (Å²) in [5.74, 6) is 1.38. The van der Waals surface area contributed by atoms with Gasteiger partial charge in [0.25, 0.3) is 5.56 Å². The Hall–Kier alpha value is -2.22. The molecule has 1 aliphatic rings. The molecule has 7 nitrogen and oxygen atoms in total. The fourth-order valence-electron chi connectivity index (χ4n) is 4.12. The molecule has 0 bridgehead atoms. The Morgan fingerprint density at radius 1 is 1.25 bits per heavy atom. The lowest BCUT2D eigenvalue weighted by Gasteiger charge is -2.16. The molecule has 0 atom stereocenters. The number of hydrogen-bond acceptors (Lipinski definition) is 5. The van der Waals surface area contributed by atoms with Gasteiger partial charge in [-0.2, -0.15) is 0 Å². The molecular weight excluding hydrogens is 374 g/mol. The van der Waals surface area contributed by atoms with Crippen molar-refractivity contribution in [3.63, 3.8) is 0 Å². The van der Waals surface area contributed by atoms with Crippen molar-refractivity contribution >= 4 is 33.2 Å². The van der Waals surface area contributed by atoms with Crippen molar-refractivity contribution in [1.29, 1.82) is 0 Å². The standard InChI is InChI=1S/C20H27N5O2S/c1-2-12-24-19(27)18-15(11-13-28-18)25-16(22-23-20(24)25)9-10-17(26)21-14-7-5-3-4-6-8-14/h11,13-14H,2-10,12H2,1H3,(H,21,26). The third-order valence-electron chi connectivity index (χ3n) is 5.52. The number of carbonyl (C=O) groups excluding carboxylic acids is 1. The molecule has 0 radical (unpaired) electrons. The van der Waals surface area contributed by atoms with Crippen LogP contribution in [-0.4, -0.2) is 31.1 Å². The van der Waals surface area contributed by atoms with Gasteiger partial charge < -0.3 is 5.32 Å². The van der Waals surface area contributed by atoms with Crippen molar-refractivity contribution in [2.24, 2.45) is 0 Å². The number of hydrogen-bond donors (Lipinski definition) is 1. The van der Waals surface area contributed by atoms with Gasteiger partial charge in [-0.15, -0.1) is 21.5 Å². The lowest BCUT2D eigenvalue weighted by molar-refractivity contribution is -0.121. The maximum absolute atomic E-state index is 12.7. The van der Waals surface area contributed by atoms with Crippen LogP contribution in [0.1, 0.15) is 64.1 Å². The van der Waals surface area contributed by atoms with Crippen molar-refractivity contribution in [2.45, 2.75) is 77.3 Å². The lowest BCUT2D eigenvalue weighted by Crippen LogP contribution is -2.34. The molecule has 0 saturated heterocycles. The fourth-order valence-corrected chi connectivity index (χ4v) is 4.94. The minimum atomic E-state index is -0.00981. The van der Waals surface area contributed by atoms with Crippen LogP contribution in [0.25, 0.3) is 16.0 Å². The predicted octanol–water partition coefficient (Wildman–Crippen LogP) is 3.29. The Bertz CT molecular complexity index is 1030. The number of aromatic nitrogens is 4. The van der Waals surface area contributed by atoms with Crippen LogP contribution in [-0.2, 0) is 17.8 Å². The first-order valence-electron chi connectivity index (χ1n) is 10.3. The summed E-state index contributed by atoms with van der Waals surface area (Å²) in [6.07, 6.45) is 8.85. The Labute approximate surface area is 167 Å². The zero-order valence-electron chi connectivity index (χ0n) is 16.3.